The highest BCUT2D eigenvalue weighted by atomic mass is 16.3. The van der Waals surface area contributed by atoms with Crippen LogP contribution in [0.3, 0.4) is 0 Å². The van der Waals surface area contributed by atoms with Crippen molar-refractivity contribution in [2.24, 2.45) is 0 Å². The van der Waals surface area contributed by atoms with Crippen LogP contribution in [0.4, 0.5) is 0 Å². The van der Waals surface area contributed by atoms with Gasteiger partial charge in [-0.3, -0.25) is 0 Å². The summed E-state index contributed by atoms with van der Waals surface area (Å²) in [6, 6.07) is 81.6. The SMILES string of the molecule is c1ccc2c(-c3ccc4ccc5cccc6ccc3c4c56)cc(-c3cc(-c4ccc5ccc6cccc7ccc4c5c67)c4cccc(-c5ccc6oc7ccccc7c6c5)c4c3)cc2c1. The second-order valence-corrected chi connectivity index (χ2v) is 17.9. The molecule has 15 aromatic rings. The molecule has 1 heterocycles. The highest BCUT2D eigenvalue weighted by Gasteiger charge is 2.20. The molecule has 0 amide bonds. The Morgan fingerprint density at radius 2 is 0.677 bits per heavy atom. The van der Waals surface area contributed by atoms with Crippen molar-refractivity contribution in [2.75, 3.05) is 0 Å². The Bertz CT molecular complexity index is 4440. The molecule has 1 nitrogen and oxygen atoms in total. The van der Waals surface area contributed by atoms with Crippen molar-refractivity contribution in [3.63, 3.8) is 0 Å². The highest BCUT2D eigenvalue weighted by Crippen LogP contribution is 2.47. The van der Waals surface area contributed by atoms with Crippen molar-refractivity contribution in [3.05, 3.63) is 218 Å². The molecule has 0 unspecified atom stereocenters. The summed E-state index contributed by atoms with van der Waals surface area (Å²) in [7, 11) is 0. The maximum absolute atomic E-state index is 6.32. The van der Waals surface area contributed by atoms with E-state index in [0.29, 0.717) is 0 Å². The first-order valence-corrected chi connectivity index (χ1v) is 22.6. The molecular formula is C64H36O. The average Bonchev–Trinajstić information content (AvgIpc) is 3.74. The summed E-state index contributed by atoms with van der Waals surface area (Å²) in [5.41, 5.74) is 11.5. The van der Waals surface area contributed by atoms with E-state index in [2.05, 4.69) is 212 Å². The van der Waals surface area contributed by atoms with Crippen LogP contribution < -0.4 is 0 Å². The van der Waals surface area contributed by atoms with Gasteiger partial charge in [-0.1, -0.05) is 176 Å². The predicted molar refractivity (Wildman–Crippen MR) is 278 cm³/mol. The minimum absolute atomic E-state index is 0.903. The topological polar surface area (TPSA) is 13.1 Å². The molecule has 0 aliphatic heterocycles. The number of hydrogen-bond donors (Lipinski definition) is 0. The van der Waals surface area contributed by atoms with Crippen molar-refractivity contribution in [3.8, 4) is 44.5 Å². The molecule has 0 aliphatic rings. The minimum atomic E-state index is 0.903. The Labute approximate surface area is 373 Å². The van der Waals surface area contributed by atoms with Crippen LogP contribution in [0.2, 0.25) is 0 Å². The van der Waals surface area contributed by atoms with E-state index in [4.69, 9.17) is 4.42 Å². The van der Waals surface area contributed by atoms with Crippen molar-refractivity contribution < 1.29 is 4.42 Å². The fraction of sp³-hybridized carbons (Fsp3) is 0. The van der Waals surface area contributed by atoms with Gasteiger partial charge in [0.15, 0.2) is 0 Å². The molecule has 1 aromatic heterocycles. The van der Waals surface area contributed by atoms with Gasteiger partial charge in [-0.25, -0.2) is 0 Å². The summed E-state index contributed by atoms with van der Waals surface area (Å²) in [4.78, 5) is 0. The lowest BCUT2D eigenvalue weighted by Gasteiger charge is -2.19. The molecule has 0 bridgehead atoms. The lowest BCUT2D eigenvalue weighted by atomic mass is 9.84. The smallest absolute Gasteiger partial charge is 0.135 e. The molecule has 0 saturated heterocycles. The molecule has 14 aromatic carbocycles. The molecular weight excluding hydrogens is 785 g/mol. The van der Waals surface area contributed by atoms with Crippen LogP contribution in [0.5, 0.6) is 0 Å². The third-order valence-corrected chi connectivity index (χ3v) is 14.5. The second-order valence-electron chi connectivity index (χ2n) is 17.9. The van der Waals surface area contributed by atoms with E-state index >= 15 is 0 Å². The van der Waals surface area contributed by atoms with Gasteiger partial charge >= 0.3 is 0 Å². The standard InChI is InChI=1S/C64H36O/c1-2-13-47-43(8-1)32-45(34-56(47)50-27-22-41-20-18-37-9-5-11-39-24-29-53(50)63(41)61(37)39)46-35-55-48(44-26-31-60-58(33-44)52-14-3-4-17-59(52)65-60)15-7-16-49(55)57(36-46)51-28-23-42-21-19-38-10-6-12-40-25-30-54(51)64(42)62(38)40/h1-36H. The van der Waals surface area contributed by atoms with E-state index in [9.17, 15) is 0 Å². The quantitative estimate of drug-likeness (QED) is 0.161. The van der Waals surface area contributed by atoms with Crippen LogP contribution in [0.1, 0.15) is 0 Å². The van der Waals surface area contributed by atoms with Gasteiger partial charge in [0.25, 0.3) is 0 Å². The Balaban J connectivity index is 1.03. The van der Waals surface area contributed by atoms with Crippen molar-refractivity contribution in [2.45, 2.75) is 0 Å². The summed E-state index contributed by atoms with van der Waals surface area (Å²) in [5, 5.41) is 22.7. The Morgan fingerprint density at radius 3 is 1.35 bits per heavy atom. The van der Waals surface area contributed by atoms with Crippen LogP contribution >= 0.6 is 0 Å². The van der Waals surface area contributed by atoms with Crippen molar-refractivity contribution in [1.29, 1.82) is 0 Å². The molecule has 0 spiro atoms. The minimum Gasteiger partial charge on any atom is -0.456 e. The lowest BCUT2D eigenvalue weighted by Crippen LogP contribution is -1.92. The van der Waals surface area contributed by atoms with Gasteiger partial charge in [-0.05, 0) is 173 Å². The first-order valence-electron chi connectivity index (χ1n) is 22.6. The molecule has 0 radical (unpaired) electrons. The normalized spacial score (nSPS) is 12.3. The zero-order chi connectivity index (χ0) is 42.3. The maximum atomic E-state index is 6.32. The predicted octanol–water partition coefficient (Wildman–Crippen LogP) is 18.4. The molecule has 0 atom stereocenters. The molecule has 65 heavy (non-hydrogen) atoms. The first kappa shape index (κ1) is 35.0. The van der Waals surface area contributed by atoms with E-state index < -0.39 is 0 Å². The zero-order valence-electron chi connectivity index (χ0n) is 35.2. The average molecular weight is 821 g/mol. The Hall–Kier alpha value is -8.52. The second kappa shape index (κ2) is 13.0. The molecule has 0 fully saturated rings. The molecule has 0 aliphatic carbocycles. The van der Waals surface area contributed by atoms with Crippen molar-refractivity contribution in [1.82, 2.24) is 0 Å². The van der Waals surface area contributed by atoms with E-state index in [1.54, 1.807) is 0 Å². The number of para-hydroxylation sites is 1. The first-order chi connectivity index (χ1) is 32.2. The molecule has 15 rings (SSSR count). The third kappa shape index (κ3) is 4.98. The largest absolute Gasteiger partial charge is 0.456 e. The molecule has 1 heteroatoms. The van der Waals surface area contributed by atoms with Crippen LogP contribution in [0, 0.1) is 0 Å². The van der Waals surface area contributed by atoms with E-state index in [1.807, 2.05) is 6.07 Å². The monoisotopic (exact) mass is 820 g/mol. The summed E-state index contributed by atoms with van der Waals surface area (Å²) in [6.07, 6.45) is 0. The molecule has 0 N–H and O–H groups in total. The van der Waals surface area contributed by atoms with Crippen LogP contribution in [-0.4, -0.2) is 0 Å². The number of benzene rings is 14. The fourth-order valence-electron chi connectivity index (χ4n) is 11.6. The van der Waals surface area contributed by atoms with Gasteiger partial charge in [-0.2, -0.15) is 0 Å². The highest BCUT2D eigenvalue weighted by molar-refractivity contribution is 6.28. The third-order valence-electron chi connectivity index (χ3n) is 14.5. The summed E-state index contributed by atoms with van der Waals surface area (Å²) in [5.74, 6) is 0. The van der Waals surface area contributed by atoms with E-state index in [0.717, 1.165) is 21.9 Å². The summed E-state index contributed by atoms with van der Waals surface area (Å²) in [6.45, 7) is 0. The van der Waals surface area contributed by atoms with Gasteiger partial charge in [0, 0.05) is 10.8 Å². The molecule has 298 valence electrons. The Kier molecular flexibility index (Phi) is 7.01. The van der Waals surface area contributed by atoms with Crippen LogP contribution in [0.15, 0.2) is 223 Å². The van der Waals surface area contributed by atoms with Gasteiger partial charge < -0.3 is 4.42 Å². The number of rotatable bonds is 4. The summed E-state index contributed by atoms with van der Waals surface area (Å²) < 4.78 is 6.32. The number of fused-ring (bicyclic) bond motifs is 5. The zero-order valence-corrected chi connectivity index (χ0v) is 35.2. The van der Waals surface area contributed by atoms with Gasteiger partial charge in [0.1, 0.15) is 11.2 Å². The van der Waals surface area contributed by atoms with Gasteiger partial charge in [-0.15, -0.1) is 0 Å². The lowest BCUT2D eigenvalue weighted by molar-refractivity contribution is 0.669. The Morgan fingerprint density at radius 1 is 0.200 bits per heavy atom. The van der Waals surface area contributed by atoms with Gasteiger partial charge in [0.05, 0.1) is 0 Å². The van der Waals surface area contributed by atoms with E-state index in [-0.39, 0.29) is 0 Å². The van der Waals surface area contributed by atoms with E-state index in [1.165, 1.54) is 131 Å². The van der Waals surface area contributed by atoms with Crippen molar-refractivity contribution >= 4 is 108 Å². The maximum Gasteiger partial charge on any atom is 0.135 e. The number of hydrogen-bond acceptors (Lipinski definition) is 1. The van der Waals surface area contributed by atoms with Gasteiger partial charge in [0.2, 0.25) is 0 Å². The fourth-order valence-corrected chi connectivity index (χ4v) is 11.6. The van der Waals surface area contributed by atoms with Crippen LogP contribution in [-0.2, 0) is 0 Å². The summed E-state index contributed by atoms with van der Waals surface area (Å²) >= 11 is 0. The number of furan rings is 1. The molecule has 0 saturated carbocycles. The van der Waals surface area contributed by atoms with Crippen LogP contribution in [0.25, 0.3) is 153 Å².